The van der Waals surface area contributed by atoms with Crippen LogP contribution in [0.1, 0.15) is 12.8 Å². The van der Waals surface area contributed by atoms with Gasteiger partial charge >= 0.3 is 17.9 Å². The van der Waals surface area contributed by atoms with E-state index >= 15 is 0 Å². The molecule has 2 atom stereocenters. The Morgan fingerprint density at radius 2 is 1.35 bits per heavy atom. The third-order valence-corrected chi connectivity index (χ3v) is 2.83. The molecule has 0 rings (SSSR count). The Balaban J connectivity index is 4.27. The van der Waals surface area contributed by atoms with E-state index in [2.05, 4.69) is 24.5 Å². The maximum Gasteiger partial charge on any atom is 0.332 e. The van der Waals surface area contributed by atoms with Crippen molar-refractivity contribution in [3.8, 4) is 0 Å². The fraction of sp³-hybridized carbons (Fsp3) is 0.471. The molecule has 1 N–H and O–H groups in total. The van der Waals surface area contributed by atoms with Crippen LogP contribution in [0, 0.1) is 0 Å². The van der Waals surface area contributed by atoms with Crippen molar-refractivity contribution in [3.05, 3.63) is 38.0 Å². The topological polar surface area (TPSA) is 118 Å². The quantitative estimate of drug-likeness (QED) is 0.145. The van der Waals surface area contributed by atoms with Gasteiger partial charge in [-0.2, -0.15) is 0 Å². The number of carbonyl (C=O) groups excluding carboxylic acids is 3. The van der Waals surface area contributed by atoms with Gasteiger partial charge in [0, 0.05) is 18.2 Å². The Hall–Kier alpha value is -2.49. The molecule has 0 aliphatic heterocycles. The van der Waals surface area contributed by atoms with E-state index in [0.29, 0.717) is 6.42 Å². The van der Waals surface area contributed by atoms with Crippen LogP contribution in [0.25, 0.3) is 0 Å². The minimum absolute atomic E-state index is 0.00915. The highest BCUT2D eigenvalue weighted by Crippen LogP contribution is 2.08. The van der Waals surface area contributed by atoms with Crippen LogP contribution in [-0.4, -0.2) is 62.0 Å². The van der Waals surface area contributed by atoms with E-state index in [-0.39, 0.29) is 33.2 Å². The average molecular weight is 372 g/mol. The molecule has 0 amide bonds. The SMILES string of the molecule is C=CC(=O)OCOCC(CCC(O)COC(=O)C=C)OCOC(=O)C=C. The second-order valence-electron chi connectivity index (χ2n) is 4.80. The second kappa shape index (κ2) is 14.8. The van der Waals surface area contributed by atoms with Crippen molar-refractivity contribution in [2.24, 2.45) is 0 Å². The van der Waals surface area contributed by atoms with E-state index in [1.165, 1.54) is 0 Å². The van der Waals surface area contributed by atoms with Crippen LogP contribution in [0.2, 0.25) is 0 Å². The summed E-state index contributed by atoms with van der Waals surface area (Å²) in [5, 5.41) is 9.78. The molecule has 0 saturated heterocycles. The molecule has 2 unspecified atom stereocenters. The molecule has 0 aromatic carbocycles. The first-order chi connectivity index (χ1) is 12.4. The van der Waals surface area contributed by atoms with Crippen molar-refractivity contribution in [1.82, 2.24) is 0 Å². The Morgan fingerprint density at radius 3 is 1.92 bits per heavy atom. The minimum atomic E-state index is -0.917. The number of hydrogen-bond acceptors (Lipinski definition) is 9. The van der Waals surface area contributed by atoms with Gasteiger partial charge in [0.15, 0.2) is 13.6 Å². The molecule has 0 fully saturated rings. The van der Waals surface area contributed by atoms with Crippen molar-refractivity contribution >= 4 is 17.9 Å². The summed E-state index contributed by atoms with van der Waals surface area (Å²) in [5.41, 5.74) is 0. The van der Waals surface area contributed by atoms with Crippen molar-refractivity contribution in [2.75, 3.05) is 26.8 Å². The van der Waals surface area contributed by atoms with E-state index in [0.717, 1.165) is 18.2 Å². The summed E-state index contributed by atoms with van der Waals surface area (Å²) < 4.78 is 24.6. The van der Waals surface area contributed by atoms with Crippen LogP contribution in [0.5, 0.6) is 0 Å². The third kappa shape index (κ3) is 12.9. The van der Waals surface area contributed by atoms with Gasteiger partial charge in [0.05, 0.1) is 18.8 Å². The largest absolute Gasteiger partial charge is 0.460 e. The summed E-state index contributed by atoms with van der Waals surface area (Å²) in [6.07, 6.45) is 2.01. The molecule has 0 aliphatic carbocycles. The summed E-state index contributed by atoms with van der Waals surface area (Å²) in [6.45, 7) is 8.91. The van der Waals surface area contributed by atoms with E-state index in [4.69, 9.17) is 18.9 Å². The zero-order valence-corrected chi connectivity index (χ0v) is 14.5. The predicted octanol–water partition coefficient (Wildman–Crippen LogP) is 0.632. The number of hydrogen-bond donors (Lipinski definition) is 1. The van der Waals surface area contributed by atoms with Crippen molar-refractivity contribution in [1.29, 1.82) is 0 Å². The van der Waals surface area contributed by atoms with Crippen LogP contribution in [-0.2, 0) is 38.1 Å². The second-order valence-corrected chi connectivity index (χ2v) is 4.80. The summed E-state index contributed by atoms with van der Waals surface area (Å²) in [7, 11) is 0. The molecule has 0 aliphatic rings. The van der Waals surface area contributed by atoms with Crippen LogP contribution < -0.4 is 0 Å². The molecule has 0 aromatic heterocycles. The molecule has 146 valence electrons. The van der Waals surface area contributed by atoms with E-state index in [1.807, 2.05) is 0 Å². The Bertz CT molecular complexity index is 487. The first kappa shape index (κ1) is 23.5. The maximum absolute atomic E-state index is 11.0. The van der Waals surface area contributed by atoms with Gasteiger partial charge in [0.1, 0.15) is 6.61 Å². The van der Waals surface area contributed by atoms with Crippen LogP contribution in [0.3, 0.4) is 0 Å². The van der Waals surface area contributed by atoms with Gasteiger partial charge < -0.3 is 28.8 Å². The smallest absolute Gasteiger partial charge is 0.332 e. The lowest BCUT2D eigenvalue weighted by molar-refractivity contribution is -0.168. The minimum Gasteiger partial charge on any atom is -0.460 e. The number of aliphatic hydroxyl groups excluding tert-OH is 1. The Morgan fingerprint density at radius 1 is 0.808 bits per heavy atom. The molecule has 26 heavy (non-hydrogen) atoms. The van der Waals surface area contributed by atoms with Crippen molar-refractivity contribution in [2.45, 2.75) is 25.0 Å². The zero-order chi connectivity index (χ0) is 19.8. The number of carbonyl (C=O) groups is 3. The van der Waals surface area contributed by atoms with Gasteiger partial charge in [-0.1, -0.05) is 19.7 Å². The molecule has 0 aromatic rings. The Kier molecular flexibility index (Phi) is 13.4. The molecule has 0 radical (unpaired) electrons. The molecule has 0 heterocycles. The van der Waals surface area contributed by atoms with Gasteiger partial charge in [-0.3, -0.25) is 0 Å². The molecule has 0 spiro atoms. The first-order valence-electron chi connectivity index (χ1n) is 7.67. The van der Waals surface area contributed by atoms with Crippen LogP contribution in [0.15, 0.2) is 38.0 Å². The highest BCUT2D eigenvalue weighted by atomic mass is 16.7. The zero-order valence-electron chi connectivity index (χ0n) is 14.5. The van der Waals surface area contributed by atoms with Crippen LogP contribution in [0.4, 0.5) is 0 Å². The monoisotopic (exact) mass is 372 g/mol. The lowest BCUT2D eigenvalue weighted by Crippen LogP contribution is -2.26. The van der Waals surface area contributed by atoms with Crippen LogP contribution >= 0.6 is 0 Å². The summed E-state index contributed by atoms with van der Waals surface area (Å²) >= 11 is 0. The fourth-order valence-electron chi connectivity index (χ4n) is 1.50. The van der Waals surface area contributed by atoms with Crippen molar-refractivity contribution in [3.63, 3.8) is 0 Å². The number of ether oxygens (including phenoxy) is 5. The first-order valence-corrected chi connectivity index (χ1v) is 7.67. The normalized spacial score (nSPS) is 12.3. The molecule has 9 nitrogen and oxygen atoms in total. The summed E-state index contributed by atoms with van der Waals surface area (Å²) in [6, 6.07) is 0. The highest BCUT2D eigenvalue weighted by molar-refractivity contribution is 5.81. The molecule has 0 saturated carbocycles. The van der Waals surface area contributed by atoms with E-state index in [1.54, 1.807) is 0 Å². The molecular formula is C17H24O9. The number of esters is 3. The van der Waals surface area contributed by atoms with E-state index in [9.17, 15) is 19.5 Å². The van der Waals surface area contributed by atoms with Gasteiger partial charge in [-0.15, -0.1) is 0 Å². The third-order valence-electron chi connectivity index (χ3n) is 2.83. The van der Waals surface area contributed by atoms with Crippen molar-refractivity contribution < 1.29 is 43.2 Å². The number of aliphatic hydroxyl groups is 1. The van der Waals surface area contributed by atoms with Gasteiger partial charge in [0.2, 0.25) is 0 Å². The number of rotatable bonds is 15. The van der Waals surface area contributed by atoms with E-state index < -0.39 is 30.1 Å². The average Bonchev–Trinajstić information content (AvgIpc) is 2.65. The standard InChI is InChI=1S/C17H24O9/c1-4-15(19)23-9-13(18)7-8-14(24-12-26-17(21)6-3)10-22-11-25-16(20)5-2/h4-6,13-14,18H,1-3,7-12H2. The summed E-state index contributed by atoms with van der Waals surface area (Å²) in [5.74, 6) is -1.93. The van der Waals surface area contributed by atoms with Gasteiger partial charge in [0.25, 0.3) is 0 Å². The summed E-state index contributed by atoms with van der Waals surface area (Å²) in [4.78, 5) is 32.8. The maximum atomic E-state index is 11.0. The van der Waals surface area contributed by atoms with Gasteiger partial charge in [-0.25, -0.2) is 14.4 Å². The lowest BCUT2D eigenvalue weighted by atomic mass is 10.1. The molecular weight excluding hydrogens is 348 g/mol. The van der Waals surface area contributed by atoms with Gasteiger partial charge in [-0.05, 0) is 12.8 Å². The molecule has 0 bridgehead atoms. The Labute approximate surface area is 151 Å². The highest BCUT2D eigenvalue weighted by Gasteiger charge is 2.15. The molecule has 9 heteroatoms. The predicted molar refractivity (Wildman–Crippen MR) is 89.5 cm³/mol. The lowest BCUT2D eigenvalue weighted by Gasteiger charge is -2.19. The fourth-order valence-corrected chi connectivity index (χ4v) is 1.50.